The van der Waals surface area contributed by atoms with Gasteiger partial charge in [0.1, 0.15) is 6.33 Å². The first-order chi connectivity index (χ1) is 13.6. The van der Waals surface area contributed by atoms with Crippen molar-refractivity contribution in [2.24, 2.45) is 7.05 Å². The molecule has 2 aromatic heterocycles. The molecule has 2 heterocycles. The molecule has 29 heavy (non-hydrogen) atoms. The van der Waals surface area contributed by atoms with Crippen molar-refractivity contribution in [3.63, 3.8) is 0 Å². The van der Waals surface area contributed by atoms with Crippen LogP contribution in [0.3, 0.4) is 0 Å². The number of nitrogens with one attached hydrogen (secondary N) is 2. The molecule has 0 fully saturated rings. The number of hydrogen-bond acceptors (Lipinski definition) is 5. The Bertz CT molecular complexity index is 1030. The lowest BCUT2D eigenvalue weighted by Crippen LogP contribution is -2.29. The molecule has 2 amide bonds. The SMILES string of the molecule is CC(NC(=O)c1cc(NC(=O)c2ccsc2)cc(C(F)(F)F)c1)c1nncn1C. The molecule has 0 saturated heterocycles. The molecule has 0 saturated carbocycles. The summed E-state index contributed by atoms with van der Waals surface area (Å²) < 4.78 is 41.5. The van der Waals surface area contributed by atoms with Crippen LogP contribution in [0.1, 0.15) is 45.1 Å². The minimum Gasteiger partial charge on any atom is -0.342 e. The predicted molar refractivity (Wildman–Crippen MR) is 101 cm³/mol. The van der Waals surface area contributed by atoms with Gasteiger partial charge in [0, 0.05) is 23.7 Å². The van der Waals surface area contributed by atoms with E-state index in [2.05, 4.69) is 20.8 Å². The van der Waals surface area contributed by atoms with Crippen LogP contribution >= 0.6 is 11.3 Å². The summed E-state index contributed by atoms with van der Waals surface area (Å²) in [7, 11) is 1.68. The van der Waals surface area contributed by atoms with E-state index in [0.29, 0.717) is 11.4 Å². The summed E-state index contributed by atoms with van der Waals surface area (Å²) in [6.45, 7) is 1.63. The number of carbonyl (C=O) groups excluding carboxylic acids is 2. The van der Waals surface area contributed by atoms with Gasteiger partial charge in [0.15, 0.2) is 5.82 Å². The molecule has 1 aromatic carbocycles. The molecule has 0 spiro atoms. The van der Waals surface area contributed by atoms with Crippen molar-refractivity contribution < 1.29 is 22.8 Å². The number of carbonyl (C=O) groups is 2. The van der Waals surface area contributed by atoms with Gasteiger partial charge < -0.3 is 15.2 Å². The van der Waals surface area contributed by atoms with Crippen molar-refractivity contribution in [3.8, 4) is 0 Å². The Labute approximate surface area is 167 Å². The van der Waals surface area contributed by atoms with Crippen LogP contribution in [0.5, 0.6) is 0 Å². The Morgan fingerprint density at radius 1 is 1.17 bits per heavy atom. The second-order valence-corrected chi connectivity index (χ2v) is 7.04. The Hall–Kier alpha value is -3.21. The second-order valence-electron chi connectivity index (χ2n) is 6.26. The summed E-state index contributed by atoms with van der Waals surface area (Å²) in [4.78, 5) is 24.7. The van der Waals surface area contributed by atoms with E-state index >= 15 is 0 Å². The fourth-order valence-corrected chi connectivity index (χ4v) is 3.26. The van der Waals surface area contributed by atoms with Gasteiger partial charge in [0.25, 0.3) is 11.8 Å². The van der Waals surface area contributed by atoms with E-state index in [1.807, 2.05) is 0 Å². The zero-order valence-corrected chi connectivity index (χ0v) is 16.1. The number of alkyl halides is 3. The fourth-order valence-electron chi connectivity index (χ4n) is 2.62. The van der Waals surface area contributed by atoms with Crippen LogP contribution in [0, 0.1) is 0 Å². The maximum Gasteiger partial charge on any atom is 0.416 e. The van der Waals surface area contributed by atoms with E-state index in [0.717, 1.165) is 12.1 Å². The Morgan fingerprint density at radius 2 is 1.93 bits per heavy atom. The number of thiophene rings is 1. The number of anilines is 1. The minimum atomic E-state index is -4.69. The van der Waals surface area contributed by atoms with Gasteiger partial charge >= 0.3 is 6.18 Å². The van der Waals surface area contributed by atoms with Crippen LogP contribution in [0.2, 0.25) is 0 Å². The van der Waals surface area contributed by atoms with E-state index in [1.165, 1.54) is 23.7 Å². The quantitative estimate of drug-likeness (QED) is 0.656. The normalized spacial score (nSPS) is 12.4. The van der Waals surface area contributed by atoms with Crippen LogP contribution in [-0.4, -0.2) is 26.6 Å². The second kappa shape index (κ2) is 8.03. The highest BCUT2D eigenvalue weighted by Gasteiger charge is 2.32. The molecule has 7 nitrogen and oxygen atoms in total. The summed E-state index contributed by atoms with van der Waals surface area (Å²) in [6, 6.07) is 3.67. The maximum absolute atomic E-state index is 13.3. The summed E-state index contributed by atoms with van der Waals surface area (Å²) in [5, 5.41) is 15.8. The molecule has 0 aliphatic carbocycles. The van der Waals surface area contributed by atoms with Crippen molar-refractivity contribution in [1.82, 2.24) is 20.1 Å². The average molecular weight is 423 g/mol. The highest BCUT2D eigenvalue weighted by atomic mass is 32.1. The third-order valence-electron chi connectivity index (χ3n) is 4.05. The number of aromatic nitrogens is 3. The Morgan fingerprint density at radius 3 is 2.52 bits per heavy atom. The van der Waals surface area contributed by atoms with Gasteiger partial charge in [-0.3, -0.25) is 9.59 Å². The molecule has 0 bridgehead atoms. The summed E-state index contributed by atoms with van der Waals surface area (Å²) in [5.41, 5.74) is -1.10. The first-order valence-electron chi connectivity index (χ1n) is 8.35. The van der Waals surface area contributed by atoms with Gasteiger partial charge in [-0.05, 0) is 36.6 Å². The lowest BCUT2D eigenvalue weighted by atomic mass is 10.1. The zero-order chi connectivity index (χ0) is 21.2. The Balaban J connectivity index is 1.87. The van der Waals surface area contributed by atoms with Crippen LogP contribution in [0.4, 0.5) is 18.9 Å². The topological polar surface area (TPSA) is 88.9 Å². The molecular formula is C18H16F3N5O2S. The van der Waals surface area contributed by atoms with Crippen molar-refractivity contribution in [2.75, 3.05) is 5.32 Å². The van der Waals surface area contributed by atoms with Gasteiger partial charge in [-0.1, -0.05) is 0 Å². The molecule has 0 aliphatic rings. The lowest BCUT2D eigenvalue weighted by Gasteiger charge is -2.16. The van der Waals surface area contributed by atoms with Gasteiger partial charge in [-0.2, -0.15) is 24.5 Å². The number of aryl methyl sites for hydroxylation is 1. The highest BCUT2D eigenvalue weighted by Crippen LogP contribution is 2.32. The number of amides is 2. The monoisotopic (exact) mass is 423 g/mol. The van der Waals surface area contributed by atoms with Crippen LogP contribution in [0.25, 0.3) is 0 Å². The van der Waals surface area contributed by atoms with Crippen molar-refractivity contribution in [1.29, 1.82) is 0 Å². The number of halogens is 3. The molecular weight excluding hydrogens is 407 g/mol. The first-order valence-corrected chi connectivity index (χ1v) is 9.30. The molecule has 1 unspecified atom stereocenters. The summed E-state index contributed by atoms with van der Waals surface area (Å²) >= 11 is 1.28. The summed E-state index contributed by atoms with van der Waals surface area (Å²) in [6.07, 6.45) is -3.24. The number of nitrogens with zero attached hydrogens (tertiary/aromatic N) is 3. The first kappa shape index (κ1) is 20.5. The zero-order valence-electron chi connectivity index (χ0n) is 15.3. The van der Waals surface area contributed by atoms with E-state index in [-0.39, 0.29) is 11.3 Å². The number of benzene rings is 1. The smallest absolute Gasteiger partial charge is 0.342 e. The van der Waals surface area contributed by atoms with E-state index in [9.17, 15) is 22.8 Å². The van der Waals surface area contributed by atoms with Crippen LogP contribution < -0.4 is 10.6 Å². The van der Waals surface area contributed by atoms with E-state index in [4.69, 9.17) is 0 Å². The molecule has 3 rings (SSSR count). The molecule has 3 aromatic rings. The third kappa shape index (κ3) is 4.80. The molecule has 1 atom stereocenters. The Kier molecular flexibility index (Phi) is 5.69. The maximum atomic E-state index is 13.3. The molecule has 152 valence electrons. The lowest BCUT2D eigenvalue weighted by molar-refractivity contribution is -0.137. The van der Waals surface area contributed by atoms with E-state index < -0.39 is 29.6 Å². The fraction of sp³-hybridized carbons (Fsp3) is 0.222. The van der Waals surface area contributed by atoms with Crippen LogP contribution in [0.15, 0.2) is 41.4 Å². The van der Waals surface area contributed by atoms with E-state index in [1.54, 1.807) is 35.4 Å². The van der Waals surface area contributed by atoms with Gasteiger partial charge in [-0.25, -0.2) is 0 Å². The van der Waals surface area contributed by atoms with Gasteiger partial charge in [0.05, 0.1) is 17.2 Å². The number of hydrogen-bond donors (Lipinski definition) is 2. The third-order valence-corrected chi connectivity index (χ3v) is 4.73. The van der Waals surface area contributed by atoms with Crippen LogP contribution in [-0.2, 0) is 13.2 Å². The van der Waals surface area contributed by atoms with Crippen molar-refractivity contribution >= 4 is 28.8 Å². The molecule has 0 radical (unpaired) electrons. The summed E-state index contributed by atoms with van der Waals surface area (Å²) in [5.74, 6) is -0.863. The predicted octanol–water partition coefficient (Wildman–Crippen LogP) is 3.64. The standard InChI is InChI=1S/C18H16F3N5O2S/c1-10(15-25-22-9-26(15)2)23-17(28)12-5-13(18(19,20)21)7-14(6-12)24-16(27)11-3-4-29-8-11/h3-10H,1-2H3,(H,23,28)(H,24,27). The number of rotatable bonds is 5. The minimum absolute atomic E-state index is 0.132. The molecule has 2 N–H and O–H groups in total. The van der Waals surface area contributed by atoms with Crippen molar-refractivity contribution in [3.05, 3.63) is 63.9 Å². The van der Waals surface area contributed by atoms with Gasteiger partial charge in [0.2, 0.25) is 0 Å². The highest BCUT2D eigenvalue weighted by molar-refractivity contribution is 7.08. The molecule has 0 aliphatic heterocycles. The van der Waals surface area contributed by atoms with Crippen molar-refractivity contribution in [2.45, 2.75) is 19.1 Å². The average Bonchev–Trinajstić information content (AvgIpc) is 3.32. The van der Waals surface area contributed by atoms with Gasteiger partial charge in [-0.15, -0.1) is 10.2 Å². The largest absolute Gasteiger partial charge is 0.416 e. The molecule has 11 heteroatoms.